The maximum atomic E-state index is 12.0. The molecule has 0 spiro atoms. The number of esters is 2. The number of hydrogen-bond donors (Lipinski definition) is 0. The third kappa shape index (κ3) is 3.11. The van der Waals surface area contributed by atoms with Crippen LogP contribution in [0.2, 0.25) is 0 Å². The lowest BCUT2D eigenvalue weighted by Crippen LogP contribution is -2.46. The molecule has 7 unspecified atom stereocenters. The number of alkyl halides is 1. The van der Waals surface area contributed by atoms with Crippen molar-refractivity contribution in [1.29, 1.82) is 0 Å². The molecule has 4 fully saturated rings. The quantitative estimate of drug-likeness (QED) is 0.437. The number of fused-ring (bicyclic) bond motifs is 1. The van der Waals surface area contributed by atoms with Gasteiger partial charge in [0.05, 0.1) is 5.92 Å². The molecule has 0 aromatic heterocycles. The average Bonchev–Trinajstić information content (AvgIpc) is 2.57. The SMILES string of the molecule is CC(OC(=O)C(C)Br)OC1C2CC3CC(C2)C(=O)OC1C3. The second-order valence-corrected chi connectivity index (χ2v) is 7.84. The minimum absolute atomic E-state index is 0.0350. The molecule has 4 rings (SSSR count). The molecule has 2 saturated heterocycles. The maximum Gasteiger partial charge on any atom is 0.321 e. The number of carbonyl (C=O) groups excluding carboxylic acids is 2. The lowest BCUT2D eigenvalue weighted by molar-refractivity contribution is -0.213. The molecule has 2 heterocycles. The van der Waals surface area contributed by atoms with Crippen molar-refractivity contribution in [3.8, 4) is 0 Å². The van der Waals surface area contributed by atoms with Crippen LogP contribution in [0.1, 0.15) is 39.5 Å². The first-order valence-corrected chi connectivity index (χ1v) is 8.56. The van der Waals surface area contributed by atoms with E-state index >= 15 is 0 Å². The van der Waals surface area contributed by atoms with Crippen molar-refractivity contribution in [2.24, 2.45) is 17.8 Å². The average molecular weight is 361 g/mol. The predicted octanol–water partition coefficient (Wildman–Crippen LogP) is 2.41. The van der Waals surface area contributed by atoms with Crippen molar-refractivity contribution in [2.75, 3.05) is 0 Å². The topological polar surface area (TPSA) is 61.8 Å². The summed E-state index contributed by atoms with van der Waals surface area (Å²) in [6.45, 7) is 3.43. The van der Waals surface area contributed by atoms with Gasteiger partial charge < -0.3 is 14.2 Å². The molecule has 4 aliphatic rings. The molecule has 0 amide bonds. The van der Waals surface area contributed by atoms with E-state index in [1.165, 1.54) is 0 Å². The molecular weight excluding hydrogens is 340 g/mol. The summed E-state index contributed by atoms with van der Waals surface area (Å²) in [5, 5.41) is 0. The summed E-state index contributed by atoms with van der Waals surface area (Å²) in [6, 6.07) is 0. The Morgan fingerprint density at radius 3 is 2.76 bits per heavy atom. The third-order valence-corrected chi connectivity index (χ3v) is 5.17. The number of halogens is 1. The van der Waals surface area contributed by atoms with E-state index in [0.717, 1.165) is 25.7 Å². The van der Waals surface area contributed by atoms with E-state index in [9.17, 15) is 9.59 Å². The summed E-state index contributed by atoms with van der Waals surface area (Å²) < 4.78 is 16.8. The van der Waals surface area contributed by atoms with Crippen LogP contribution < -0.4 is 0 Å². The normalized spacial score (nSPS) is 40.3. The molecule has 0 aromatic rings. The zero-order valence-electron chi connectivity index (χ0n) is 12.3. The Morgan fingerprint density at radius 2 is 2.05 bits per heavy atom. The van der Waals surface area contributed by atoms with Crippen molar-refractivity contribution in [3.63, 3.8) is 0 Å². The Bertz CT molecular complexity index is 438. The molecule has 0 N–H and O–H groups in total. The van der Waals surface area contributed by atoms with E-state index in [0.29, 0.717) is 11.8 Å². The van der Waals surface area contributed by atoms with Crippen LogP contribution in [0.15, 0.2) is 0 Å². The first kappa shape index (κ1) is 15.3. The van der Waals surface area contributed by atoms with Crippen LogP contribution in [0.3, 0.4) is 0 Å². The molecule has 2 saturated carbocycles. The van der Waals surface area contributed by atoms with E-state index in [-0.39, 0.29) is 34.9 Å². The molecule has 21 heavy (non-hydrogen) atoms. The van der Waals surface area contributed by atoms with Gasteiger partial charge in [-0.2, -0.15) is 0 Å². The van der Waals surface area contributed by atoms with E-state index in [2.05, 4.69) is 15.9 Å². The van der Waals surface area contributed by atoms with Crippen molar-refractivity contribution in [3.05, 3.63) is 0 Å². The van der Waals surface area contributed by atoms with E-state index in [1.807, 2.05) is 0 Å². The van der Waals surface area contributed by atoms with Gasteiger partial charge in [-0.15, -0.1) is 0 Å². The van der Waals surface area contributed by atoms with E-state index in [4.69, 9.17) is 14.2 Å². The Labute approximate surface area is 132 Å². The van der Waals surface area contributed by atoms with Gasteiger partial charge in [0.1, 0.15) is 17.0 Å². The van der Waals surface area contributed by atoms with Crippen molar-refractivity contribution < 1.29 is 23.8 Å². The fourth-order valence-corrected chi connectivity index (χ4v) is 4.08. The van der Waals surface area contributed by atoms with Gasteiger partial charge in [-0.1, -0.05) is 15.9 Å². The minimum Gasteiger partial charge on any atom is -0.459 e. The van der Waals surface area contributed by atoms with Crippen LogP contribution in [0.5, 0.6) is 0 Å². The molecular formula is C15H21BrO5. The molecule has 2 aliphatic heterocycles. The fourth-order valence-electron chi connectivity index (χ4n) is 3.97. The summed E-state index contributed by atoms with van der Waals surface area (Å²) >= 11 is 3.18. The summed E-state index contributed by atoms with van der Waals surface area (Å²) in [6.07, 6.45) is 2.80. The molecule has 6 heteroatoms. The molecule has 5 nitrogen and oxygen atoms in total. The van der Waals surface area contributed by atoms with Crippen LogP contribution in [0, 0.1) is 17.8 Å². The molecule has 7 atom stereocenters. The first-order valence-electron chi connectivity index (χ1n) is 7.64. The maximum absolute atomic E-state index is 12.0. The van der Waals surface area contributed by atoms with Gasteiger partial charge >= 0.3 is 11.9 Å². The molecule has 0 radical (unpaired) electrons. The smallest absolute Gasteiger partial charge is 0.321 e. The predicted molar refractivity (Wildman–Crippen MR) is 77.6 cm³/mol. The van der Waals surface area contributed by atoms with Crippen molar-refractivity contribution in [2.45, 2.75) is 62.9 Å². The number of ether oxygens (including phenoxy) is 3. The highest BCUT2D eigenvalue weighted by molar-refractivity contribution is 9.10. The number of rotatable bonds is 4. The first-order chi connectivity index (χ1) is 9.94. The lowest BCUT2D eigenvalue weighted by Gasteiger charge is -2.42. The van der Waals surface area contributed by atoms with Crippen molar-refractivity contribution >= 4 is 27.9 Å². The summed E-state index contributed by atoms with van der Waals surface area (Å²) in [4.78, 5) is 23.2. The Kier molecular flexibility index (Phi) is 4.28. The Morgan fingerprint density at radius 1 is 1.29 bits per heavy atom. The van der Waals surface area contributed by atoms with E-state index < -0.39 is 6.29 Å². The standard InChI is InChI=1S/C15H21BrO5/c1-7(16)14(17)20-8(2)19-13-10-3-9-4-11(6-10)15(18)21-12(13)5-9/h7-13H,3-6H2,1-2H3. The van der Waals surface area contributed by atoms with Gasteiger partial charge in [0.2, 0.25) is 6.29 Å². The van der Waals surface area contributed by atoms with Gasteiger partial charge in [-0.25, -0.2) is 0 Å². The third-order valence-electron chi connectivity index (χ3n) is 4.79. The Hall–Kier alpha value is -0.620. The highest BCUT2D eigenvalue weighted by Gasteiger charge is 2.51. The van der Waals surface area contributed by atoms with Crippen LogP contribution in [-0.4, -0.2) is 35.3 Å². The van der Waals surface area contributed by atoms with Gasteiger partial charge in [0, 0.05) is 0 Å². The highest BCUT2D eigenvalue weighted by Crippen LogP contribution is 2.48. The number of carbonyl (C=O) groups is 2. The summed E-state index contributed by atoms with van der Waals surface area (Å²) in [7, 11) is 0. The molecule has 2 aliphatic carbocycles. The number of hydrogen-bond acceptors (Lipinski definition) is 5. The summed E-state index contributed by atoms with van der Waals surface area (Å²) in [5.74, 6) is 0.526. The van der Waals surface area contributed by atoms with Gasteiger partial charge in [-0.3, -0.25) is 9.59 Å². The van der Waals surface area contributed by atoms with Gasteiger partial charge in [-0.05, 0) is 51.4 Å². The molecule has 118 valence electrons. The monoisotopic (exact) mass is 360 g/mol. The Balaban J connectivity index is 1.66. The molecule has 0 aromatic carbocycles. The van der Waals surface area contributed by atoms with Crippen LogP contribution in [0.25, 0.3) is 0 Å². The zero-order valence-corrected chi connectivity index (χ0v) is 13.9. The minimum atomic E-state index is -0.626. The van der Waals surface area contributed by atoms with E-state index in [1.54, 1.807) is 13.8 Å². The summed E-state index contributed by atoms with van der Waals surface area (Å²) in [5.41, 5.74) is 0. The lowest BCUT2D eigenvalue weighted by atomic mass is 9.67. The molecule has 4 bridgehead atoms. The second-order valence-electron chi connectivity index (χ2n) is 6.46. The fraction of sp³-hybridized carbons (Fsp3) is 0.867. The van der Waals surface area contributed by atoms with Crippen LogP contribution in [-0.2, 0) is 23.8 Å². The van der Waals surface area contributed by atoms with Crippen molar-refractivity contribution in [1.82, 2.24) is 0 Å². The van der Waals surface area contributed by atoms with Crippen LogP contribution in [0.4, 0.5) is 0 Å². The zero-order chi connectivity index (χ0) is 15.1. The van der Waals surface area contributed by atoms with Crippen LogP contribution >= 0.6 is 15.9 Å². The second kappa shape index (κ2) is 5.88. The van der Waals surface area contributed by atoms with Gasteiger partial charge in [0.15, 0.2) is 0 Å². The highest BCUT2D eigenvalue weighted by atomic mass is 79.9. The largest absolute Gasteiger partial charge is 0.459 e. The van der Waals surface area contributed by atoms with Gasteiger partial charge in [0.25, 0.3) is 0 Å².